The van der Waals surface area contributed by atoms with Crippen molar-refractivity contribution < 1.29 is 14.3 Å². The van der Waals surface area contributed by atoms with Crippen LogP contribution >= 0.6 is 11.6 Å². The quantitative estimate of drug-likeness (QED) is 0.851. The molecule has 1 fully saturated rings. The minimum atomic E-state index is -0.394. The molecule has 1 aliphatic rings. The van der Waals surface area contributed by atoms with Gasteiger partial charge in [-0.1, -0.05) is 29.8 Å². The third-order valence-corrected chi connectivity index (χ3v) is 4.85. The lowest BCUT2D eigenvalue weighted by Gasteiger charge is -2.29. The summed E-state index contributed by atoms with van der Waals surface area (Å²) in [5.41, 5.74) is 0.603. The second-order valence-corrected chi connectivity index (χ2v) is 6.53. The van der Waals surface area contributed by atoms with Gasteiger partial charge in [0, 0.05) is 17.1 Å². The lowest BCUT2D eigenvalue weighted by Crippen LogP contribution is -2.37. The highest BCUT2D eigenvalue weighted by Gasteiger charge is 2.28. The minimum absolute atomic E-state index is 0.0818. The van der Waals surface area contributed by atoms with Crippen molar-refractivity contribution in [1.82, 2.24) is 10.2 Å². The number of benzene rings is 2. The number of hydrogen-bond acceptors (Lipinski definition) is 3. The van der Waals surface area contributed by atoms with E-state index >= 15 is 0 Å². The molecule has 4 nitrogen and oxygen atoms in total. The van der Waals surface area contributed by atoms with Crippen LogP contribution in [0.15, 0.2) is 42.5 Å². The van der Waals surface area contributed by atoms with Gasteiger partial charge in [-0.05, 0) is 50.2 Å². The number of phenols is 1. The predicted molar refractivity (Wildman–Crippen MR) is 95.4 cm³/mol. The normalized spacial score (nSPS) is 15.9. The van der Waals surface area contributed by atoms with Crippen LogP contribution in [-0.4, -0.2) is 35.5 Å². The summed E-state index contributed by atoms with van der Waals surface area (Å²) in [4.78, 5) is 14.5. The van der Waals surface area contributed by atoms with Crippen molar-refractivity contribution in [3.8, 4) is 5.75 Å². The number of para-hydroxylation sites is 1. The molecule has 0 saturated carbocycles. The van der Waals surface area contributed by atoms with E-state index in [4.69, 9.17) is 11.6 Å². The molecule has 1 aliphatic heterocycles. The van der Waals surface area contributed by atoms with Crippen LogP contribution in [0.1, 0.15) is 34.8 Å². The van der Waals surface area contributed by atoms with Gasteiger partial charge in [0.2, 0.25) is 0 Å². The number of hydrogen-bond donors (Lipinski definition) is 2. The van der Waals surface area contributed by atoms with Crippen LogP contribution in [-0.2, 0) is 0 Å². The number of rotatable bonds is 5. The molecule has 2 aromatic rings. The van der Waals surface area contributed by atoms with E-state index < -0.39 is 5.91 Å². The first-order valence-corrected chi connectivity index (χ1v) is 8.70. The van der Waals surface area contributed by atoms with E-state index in [1.54, 1.807) is 30.3 Å². The van der Waals surface area contributed by atoms with Crippen molar-refractivity contribution in [2.75, 3.05) is 19.6 Å². The molecule has 2 N–H and O–H groups in total. The molecule has 0 unspecified atom stereocenters. The second-order valence-electron chi connectivity index (χ2n) is 6.12. The monoisotopic (exact) mass is 362 g/mol. The fourth-order valence-electron chi connectivity index (χ4n) is 3.25. The van der Waals surface area contributed by atoms with E-state index in [0.29, 0.717) is 10.6 Å². The highest BCUT2D eigenvalue weighted by Crippen LogP contribution is 2.32. The average Bonchev–Trinajstić information content (AvgIpc) is 3.12. The van der Waals surface area contributed by atoms with Crippen molar-refractivity contribution in [2.45, 2.75) is 18.9 Å². The Kier molecular flexibility index (Phi) is 5.56. The lowest BCUT2D eigenvalue weighted by atomic mass is 10.0. The molecule has 1 saturated heterocycles. The predicted octanol–water partition coefficient (Wildman–Crippen LogP) is 3.75. The van der Waals surface area contributed by atoms with Crippen LogP contribution in [0.4, 0.5) is 4.39 Å². The van der Waals surface area contributed by atoms with E-state index in [9.17, 15) is 14.3 Å². The van der Waals surface area contributed by atoms with Crippen LogP contribution in [0.25, 0.3) is 0 Å². The Morgan fingerprint density at radius 1 is 1.20 bits per heavy atom. The maximum absolute atomic E-state index is 14.4. The van der Waals surface area contributed by atoms with Gasteiger partial charge in [0.05, 0.1) is 11.6 Å². The van der Waals surface area contributed by atoms with E-state index in [1.807, 2.05) is 0 Å². The fourth-order valence-corrected chi connectivity index (χ4v) is 3.54. The average molecular weight is 363 g/mol. The van der Waals surface area contributed by atoms with Gasteiger partial charge >= 0.3 is 0 Å². The molecule has 25 heavy (non-hydrogen) atoms. The molecule has 1 atom stereocenters. The second kappa shape index (κ2) is 7.85. The number of halogens is 2. The molecular weight excluding hydrogens is 343 g/mol. The van der Waals surface area contributed by atoms with E-state index in [1.165, 1.54) is 12.1 Å². The van der Waals surface area contributed by atoms with Crippen LogP contribution in [0.3, 0.4) is 0 Å². The molecule has 1 amide bonds. The third-order valence-electron chi connectivity index (χ3n) is 4.52. The number of nitrogens with zero attached hydrogens (tertiary/aromatic N) is 1. The van der Waals surface area contributed by atoms with Gasteiger partial charge in [-0.15, -0.1) is 0 Å². The number of aromatic hydroxyl groups is 1. The number of carbonyl (C=O) groups excluding carboxylic acids is 1. The van der Waals surface area contributed by atoms with Crippen LogP contribution in [0.2, 0.25) is 5.02 Å². The Balaban J connectivity index is 1.81. The van der Waals surface area contributed by atoms with Crippen molar-refractivity contribution in [1.29, 1.82) is 0 Å². The van der Waals surface area contributed by atoms with Gasteiger partial charge in [0.1, 0.15) is 11.6 Å². The molecule has 0 aromatic heterocycles. The summed E-state index contributed by atoms with van der Waals surface area (Å²) >= 11 is 6.24. The fraction of sp³-hybridized carbons (Fsp3) is 0.316. The highest BCUT2D eigenvalue weighted by atomic mass is 35.5. The number of nitrogens with one attached hydrogen (secondary N) is 1. The highest BCUT2D eigenvalue weighted by molar-refractivity contribution is 6.31. The van der Waals surface area contributed by atoms with Gasteiger partial charge in [-0.3, -0.25) is 9.69 Å². The summed E-state index contributed by atoms with van der Waals surface area (Å²) < 4.78 is 14.4. The molecule has 0 bridgehead atoms. The smallest absolute Gasteiger partial charge is 0.255 e. The topological polar surface area (TPSA) is 52.6 Å². The SMILES string of the molecule is O=C(NC[C@H](c1c(F)cccc1Cl)N1CCCC1)c1ccccc1O. The first-order valence-electron chi connectivity index (χ1n) is 8.32. The van der Waals surface area contributed by atoms with Crippen molar-refractivity contribution in [2.24, 2.45) is 0 Å². The molecule has 6 heteroatoms. The maximum atomic E-state index is 14.4. The standard InChI is InChI=1S/C19H20ClFN2O2/c20-14-7-5-8-15(21)18(14)16(23-10-3-4-11-23)12-22-19(25)13-6-1-2-9-17(13)24/h1-2,5-9,16,24H,3-4,10-12H2,(H,22,25)/t16-/m1/s1. The zero-order chi connectivity index (χ0) is 17.8. The van der Waals surface area contributed by atoms with Crippen molar-refractivity contribution in [3.63, 3.8) is 0 Å². The lowest BCUT2D eigenvalue weighted by molar-refractivity contribution is 0.0934. The van der Waals surface area contributed by atoms with Crippen LogP contribution in [0.5, 0.6) is 5.75 Å². The van der Waals surface area contributed by atoms with Gasteiger partial charge in [0.15, 0.2) is 0 Å². The first-order chi connectivity index (χ1) is 12.1. The zero-order valence-corrected chi connectivity index (χ0v) is 14.5. The van der Waals surface area contributed by atoms with Crippen LogP contribution < -0.4 is 5.32 Å². The Morgan fingerprint density at radius 3 is 2.60 bits per heavy atom. The molecule has 0 aliphatic carbocycles. The summed E-state index contributed by atoms with van der Waals surface area (Å²) in [5.74, 6) is -0.849. The Hall–Kier alpha value is -2.11. The van der Waals surface area contributed by atoms with Gasteiger partial charge < -0.3 is 10.4 Å². The van der Waals surface area contributed by atoms with E-state index in [-0.39, 0.29) is 29.7 Å². The number of likely N-dealkylation sites (tertiary alicyclic amines) is 1. The largest absolute Gasteiger partial charge is 0.507 e. The Bertz CT molecular complexity index is 743. The molecule has 1 heterocycles. The molecular formula is C19H20ClFN2O2. The Labute approximate surface area is 151 Å². The first kappa shape index (κ1) is 17.7. The third kappa shape index (κ3) is 3.94. The van der Waals surface area contributed by atoms with Gasteiger partial charge in [0.25, 0.3) is 5.91 Å². The molecule has 132 valence electrons. The van der Waals surface area contributed by atoms with Crippen molar-refractivity contribution in [3.05, 3.63) is 64.4 Å². The number of phenolic OH excluding ortho intramolecular Hbond substituents is 1. The molecule has 0 spiro atoms. The van der Waals surface area contributed by atoms with Crippen molar-refractivity contribution >= 4 is 17.5 Å². The zero-order valence-electron chi connectivity index (χ0n) is 13.7. The van der Waals surface area contributed by atoms with Crippen LogP contribution in [0, 0.1) is 5.82 Å². The summed E-state index contributed by atoms with van der Waals surface area (Å²) in [6.07, 6.45) is 2.08. The number of carbonyl (C=O) groups is 1. The van der Waals surface area contributed by atoms with E-state index in [0.717, 1.165) is 25.9 Å². The minimum Gasteiger partial charge on any atom is -0.507 e. The summed E-state index contributed by atoms with van der Waals surface area (Å²) in [6.45, 7) is 1.89. The maximum Gasteiger partial charge on any atom is 0.255 e. The van der Waals surface area contributed by atoms with E-state index in [2.05, 4.69) is 10.2 Å². The molecule has 0 radical (unpaired) electrons. The molecule has 2 aromatic carbocycles. The summed E-state index contributed by atoms with van der Waals surface area (Å²) in [7, 11) is 0. The Morgan fingerprint density at radius 2 is 1.92 bits per heavy atom. The number of amides is 1. The van der Waals surface area contributed by atoms with Gasteiger partial charge in [-0.25, -0.2) is 4.39 Å². The molecule has 3 rings (SSSR count). The van der Waals surface area contributed by atoms with Gasteiger partial charge in [-0.2, -0.15) is 0 Å². The summed E-state index contributed by atoms with van der Waals surface area (Å²) in [6, 6.07) is 10.6. The summed E-state index contributed by atoms with van der Waals surface area (Å²) in [5, 5.41) is 13.0.